The average molecular weight is 278 g/mol. The largest absolute Gasteiger partial charge is 0.389 e. The van der Waals surface area contributed by atoms with Crippen molar-refractivity contribution in [3.63, 3.8) is 0 Å². The van der Waals surface area contributed by atoms with Crippen molar-refractivity contribution in [1.82, 2.24) is 5.32 Å². The Kier molecular flexibility index (Phi) is 4.73. The lowest BCUT2D eigenvalue weighted by molar-refractivity contribution is -0.384. The molecule has 1 fully saturated rings. The highest BCUT2D eigenvalue weighted by Crippen LogP contribution is 2.31. The number of hydrogen-bond acceptors (Lipinski definition) is 4. The summed E-state index contributed by atoms with van der Waals surface area (Å²) in [5, 5.41) is 24.2. The van der Waals surface area contributed by atoms with Gasteiger partial charge in [-0.25, -0.2) is 0 Å². The number of nitro benzene ring substituents is 1. The fraction of sp³-hybridized carbons (Fsp3) is 0.600. The Labute approximate surface area is 119 Å². The molecule has 1 aliphatic rings. The van der Waals surface area contributed by atoms with Crippen molar-refractivity contribution < 1.29 is 10.0 Å². The lowest BCUT2D eigenvalue weighted by Gasteiger charge is -2.35. The number of nitrogens with zero attached hydrogens (tertiary/aromatic N) is 1. The van der Waals surface area contributed by atoms with Crippen LogP contribution >= 0.6 is 0 Å². The Morgan fingerprint density at radius 1 is 1.35 bits per heavy atom. The smallest absolute Gasteiger partial charge is 0.269 e. The second-order valence-electron chi connectivity index (χ2n) is 5.93. The number of benzene rings is 1. The second-order valence-corrected chi connectivity index (χ2v) is 5.93. The standard InChI is InChI=1S/C15H22N2O3/c1-12-6-8-15(18,9-7-12)11-16-10-13-2-4-14(5-3-13)17(19)20/h2-5,12,16,18H,6-11H2,1H3. The third-order valence-corrected chi connectivity index (χ3v) is 4.14. The van der Waals surface area contributed by atoms with Crippen molar-refractivity contribution in [2.45, 2.75) is 44.8 Å². The zero-order chi connectivity index (χ0) is 14.6. The predicted octanol–water partition coefficient (Wildman–Crippen LogP) is 2.63. The summed E-state index contributed by atoms with van der Waals surface area (Å²) in [5.74, 6) is 0.713. The molecule has 1 aliphatic carbocycles. The van der Waals surface area contributed by atoms with Crippen LogP contribution in [0.15, 0.2) is 24.3 Å². The van der Waals surface area contributed by atoms with E-state index in [1.807, 2.05) is 0 Å². The summed E-state index contributed by atoms with van der Waals surface area (Å²) in [7, 11) is 0. The van der Waals surface area contributed by atoms with Gasteiger partial charge in [-0.05, 0) is 37.2 Å². The highest BCUT2D eigenvalue weighted by atomic mass is 16.6. The van der Waals surface area contributed by atoms with Gasteiger partial charge in [-0.3, -0.25) is 10.1 Å². The van der Waals surface area contributed by atoms with Gasteiger partial charge in [0.15, 0.2) is 0 Å². The van der Waals surface area contributed by atoms with Crippen molar-refractivity contribution in [1.29, 1.82) is 0 Å². The minimum atomic E-state index is -0.590. The summed E-state index contributed by atoms with van der Waals surface area (Å²) in [6.45, 7) is 3.43. The normalized spacial score (nSPS) is 26.4. The van der Waals surface area contributed by atoms with Gasteiger partial charge in [0.05, 0.1) is 10.5 Å². The molecule has 1 aromatic rings. The third kappa shape index (κ3) is 4.02. The number of hydrogen-bond donors (Lipinski definition) is 2. The Bertz CT molecular complexity index is 451. The molecular formula is C15H22N2O3. The van der Waals surface area contributed by atoms with Crippen molar-refractivity contribution in [2.24, 2.45) is 5.92 Å². The van der Waals surface area contributed by atoms with Gasteiger partial charge >= 0.3 is 0 Å². The van der Waals surface area contributed by atoms with Crippen molar-refractivity contribution in [3.8, 4) is 0 Å². The molecule has 0 amide bonds. The zero-order valence-corrected chi connectivity index (χ0v) is 11.8. The average Bonchev–Trinajstić information content (AvgIpc) is 2.43. The molecule has 0 atom stereocenters. The van der Waals surface area contributed by atoms with Crippen LogP contribution in [0.5, 0.6) is 0 Å². The van der Waals surface area contributed by atoms with E-state index in [0.717, 1.165) is 31.2 Å². The van der Waals surface area contributed by atoms with E-state index in [2.05, 4.69) is 12.2 Å². The number of non-ortho nitro benzene ring substituents is 1. The highest BCUT2D eigenvalue weighted by Gasteiger charge is 2.31. The Balaban J connectivity index is 1.79. The molecule has 110 valence electrons. The van der Waals surface area contributed by atoms with Gasteiger partial charge in [0.1, 0.15) is 0 Å². The monoisotopic (exact) mass is 278 g/mol. The summed E-state index contributed by atoms with van der Waals surface area (Å²) in [5.41, 5.74) is 0.504. The summed E-state index contributed by atoms with van der Waals surface area (Å²) in [4.78, 5) is 10.2. The Morgan fingerprint density at radius 2 is 1.95 bits per heavy atom. The van der Waals surface area contributed by atoms with Crippen molar-refractivity contribution in [3.05, 3.63) is 39.9 Å². The minimum Gasteiger partial charge on any atom is -0.389 e. The molecule has 0 unspecified atom stereocenters. The van der Waals surface area contributed by atoms with E-state index < -0.39 is 10.5 Å². The van der Waals surface area contributed by atoms with Crippen molar-refractivity contribution >= 4 is 5.69 Å². The second kappa shape index (κ2) is 6.33. The summed E-state index contributed by atoms with van der Waals surface area (Å²) < 4.78 is 0. The number of rotatable bonds is 5. The first-order valence-corrected chi connectivity index (χ1v) is 7.15. The molecular weight excluding hydrogens is 256 g/mol. The Hall–Kier alpha value is -1.46. The highest BCUT2D eigenvalue weighted by molar-refractivity contribution is 5.32. The molecule has 5 nitrogen and oxygen atoms in total. The van der Waals surface area contributed by atoms with Crippen LogP contribution in [-0.4, -0.2) is 22.2 Å². The molecule has 0 radical (unpaired) electrons. The molecule has 0 aliphatic heterocycles. The molecule has 1 aromatic carbocycles. The lowest BCUT2D eigenvalue weighted by Crippen LogP contribution is -2.43. The molecule has 0 bridgehead atoms. The van der Waals surface area contributed by atoms with E-state index in [1.54, 1.807) is 12.1 Å². The SMILES string of the molecule is CC1CCC(O)(CNCc2ccc([N+](=O)[O-])cc2)CC1. The third-order valence-electron chi connectivity index (χ3n) is 4.14. The van der Waals surface area contributed by atoms with Gasteiger partial charge in [0.25, 0.3) is 5.69 Å². The van der Waals surface area contributed by atoms with Crippen LogP contribution in [0.3, 0.4) is 0 Å². The summed E-state index contributed by atoms with van der Waals surface area (Å²) in [6.07, 6.45) is 3.86. The molecule has 20 heavy (non-hydrogen) atoms. The number of nitro groups is 1. The van der Waals surface area contributed by atoms with Crippen LogP contribution in [0.2, 0.25) is 0 Å². The lowest BCUT2D eigenvalue weighted by atomic mass is 9.79. The van der Waals surface area contributed by atoms with Gasteiger partial charge < -0.3 is 10.4 Å². The summed E-state index contributed by atoms with van der Waals surface area (Å²) in [6, 6.07) is 6.51. The van der Waals surface area contributed by atoms with Gasteiger partial charge in [0, 0.05) is 25.2 Å². The maximum Gasteiger partial charge on any atom is 0.269 e. The van der Waals surface area contributed by atoms with E-state index in [-0.39, 0.29) is 5.69 Å². The minimum absolute atomic E-state index is 0.105. The van der Waals surface area contributed by atoms with Crippen LogP contribution in [-0.2, 0) is 6.54 Å². The quantitative estimate of drug-likeness (QED) is 0.641. The van der Waals surface area contributed by atoms with Crippen LogP contribution in [0.1, 0.15) is 38.2 Å². The Morgan fingerprint density at radius 3 is 2.50 bits per heavy atom. The molecule has 1 saturated carbocycles. The van der Waals surface area contributed by atoms with Gasteiger partial charge in [-0.15, -0.1) is 0 Å². The van der Waals surface area contributed by atoms with Gasteiger partial charge in [-0.2, -0.15) is 0 Å². The molecule has 2 N–H and O–H groups in total. The van der Waals surface area contributed by atoms with Crippen LogP contribution in [0, 0.1) is 16.0 Å². The molecule has 0 saturated heterocycles. The molecule has 2 rings (SSSR count). The van der Waals surface area contributed by atoms with E-state index >= 15 is 0 Å². The summed E-state index contributed by atoms with van der Waals surface area (Å²) >= 11 is 0. The fourth-order valence-corrected chi connectivity index (χ4v) is 2.65. The van der Waals surface area contributed by atoms with E-state index in [1.165, 1.54) is 12.1 Å². The molecule has 0 spiro atoms. The maximum absolute atomic E-state index is 10.6. The van der Waals surface area contributed by atoms with E-state index in [0.29, 0.717) is 19.0 Å². The van der Waals surface area contributed by atoms with Crippen LogP contribution in [0.4, 0.5) is 5.69 Å². The zero-order valence-electron chi connectivity index (χ0n) is 11.8. The van der Waals surface area contributed by atoms with E-state index in [9.17, 15) is 15.2 Å². The van der Waals surface area contributed by atoms with Crippen LogP contribution in [0.25, 0.3) is 0 Å². The maximum atomic E-state index is 10.6. The number of nitrogens with one attached hydrogen (secondary N) is 1. The topological polar surface area (TPSA) is 75.4 Å². The van der Waals surface area contributed by atoms with E-state index in [4.69, 9.17) is 0 Å². The predicted molar refractivity (Wildman–Crippen MR) is 77.4 cm³/mol. The first-order chi connectivity index (χ1) is 9.48. The molecule has 5 heteroatoms. The molecule has 0 aromatic heterocycles. The first-order valence-electron chi connectivity index (χ1n) is 7.15. The van der Waals surface area contributed by atoms with Gasteiger partial charge in [0.2, 0.25) is 0 Å². The van der Waals surface area contributed by atoms with Gasteiger partial charge in [-0.1, -0.05) is 19.1 Å². The van der Waals surface area contributed by atoms with Crippen LogP contribution < -0.4 is 5.32 Å². The number of aliphatic hydroxyl groups is 1. The fourth-order valence-electron chi connectivity index (χ4n) is 2.65. The first kappa shape index (κ1) is 14.9. The molecule has 0 heterocycles. The van der Waals surface area contributed by atoms with Crippen molar-refractivity contribution in [2.75, 3.05) is 6.54 Å².